The highest BCUT2D eigenvalue weighted by atomic mass is 35.5. The van der Waals surface area contributed by atoms with Gasteiger partial charge >= 0.3 is 0 Å². The predicted molar refractivity (Wildman–Crippen MR) is 76.2 cm³/mol. The highest BCUT2D eigenvalue weighted by Gasteiger charge is 2.16. The monoisotopic (exact) mass is 272 g/mol. The van der Waals surface area contributed by atoms with Gasteiger partial charge in [-0.2, -0.15) is 5.10 Å². The Balaban J connectivity index is 2.30. The molecule has 3 rings (SSSR count). The largest absolute Gasteiger partial charge is 0.246 e. The summed E-state index contributed by atoms with van der Waals surface area (Å²) in [6.07, 6.45) is 0. The minimum absolute atomic E-state index is 0.619. The van der Waals surface area contributed by atoms with E-state index in [-0.39, 0.29) is 0 Å². The van der Waals surface area contributed by atoms with Gasteiger partial charge in [0.2, 0.25) is 0 Å². The Kier molecular flexibility index (Phi) is 2.95. The molecule has 0 bridgehead atoms. The van der Waals surface area contributed by atoms with Crippen LogP contribution in [0.4, 0.5) is 0 Å². The van der Waals surface area contributed by atoms with Crippen LogP contribution in [-0.4, -0.2) is 20.0 Å². The van der Waals surface area contributed by atoms with E-state index in [1.165, 1.54) is 0 Å². The lowest BCUT2D eigenvalue weighted by molar-refractivity contribution is 0.665. The summed E-state index contributed by atoms with van der Waals surface area (Å²) in [5, 5.41) is 14.5. The normalized spacial score (nSPS) is 11.1. The van der Waals surface area contributed by atoms with Crippen LogP contribution in [0.25, 0.3) is 22.3 Å². The second kappa shape index (κ2) is 4.63. The fraction of sp³-hybridized carbons (Fsp3) is 0.214. The van der Waals surface area contributed by atoms with Crippen LogP contribution in [0.3, 0.4) is 0 Å². The van der Waals surface area contributed by atoms with Gasteiger partial charge in [0.1, 0.15) is 5.69 Å². The van der Waals surface area contributed by atoms with Crippen molar-refractivity contribution in [1.82, 2.24) is 20.0 Å². The van der Waals surface area contributed by atoms with Gasteiger partial charge in [0, 0.05) is 12.1 Å². The molecule has 0 spiro atoms. The molecule has 0 N–H and O–H groups in total. The van der Waals surface area contributed by atoms with Crippen molar-refractivity contribution in [2.45, 2.75) is 20.4 Å². The summed E-state index contributed by atoms with van der Waals surface area (Å²) in [7, 11) is 0. The average Bonchev–Trinajstić information content (AvgIpc) is 2.77. The van der Waals surface area contributed by atoms with E-state index in [4.69, 9.17) is 11.6 Å². The van der Waals surface area contributed by atoms with Crippen molar-refractivity contribution in [3.05, 3.63) is 41.0 Å². The van der Waals surface area contributed by atoms with Crippen LogP contribution < -0.4 is 0 Å². The molecule has 0 saturated carbocycles. The van der Waals surface area contributed by atoms with Crippen molar-refractivity contribution in [3.8, 4) is 11.3 Å². The zero-order chi connectivity index (χ0) is 13.4. The Morgan fingerprint density at radius 2 is 1.89 bits per heavy atom. The first kappa shape index (κ1) is 12.1. The number of halogens is 1. The summed E-state index contributed by atoms with van der Waals surface area (Å²) in [5.74, 6) is 0. The minimum Gasteiger partial charge on any atom is -0.246 e. The van der Waals surface area contributed by atoms with Crippen LogP contribution >= 0.6 is 11.6 Å². The third-order valence-electron chi connectivity index (χ3n) is 3.12. The van der Waals surface area contributed by atoms with E-state index in [1.54, 1.807) is 0 Å². The number of rotatable bonds is 2. The number of hydrogen-bond acceptors (Lipinski definition) is 3. The van der Waals surface area contributed by atoms with Crippen LogP contribution in [0.2, 0.25) is 5.02 Å². The van der Waals surface area contributed by atoms with Gasteiger partial charge in [-0.1, -0.05) is 41.9 Å². The zero-order valence-corrected chi connectivity index (χ0v) is 11.5. The predicted octanol–water partition coefficient (Wildman–Crippen LogP) is 3.48. The molecule has 0 aliphatic rings. The number of aromatic nitrogens is 4. The van der Waals surface area contributed by atoms with Crippen molar-refractivity contribution in [1.29, 1.82) is 0 Å². The number of benzene rings is 1. The summed E-state index contributed by atoms with van der Waals surface area (Å²) < 4.78 is 1.82. The van der Waals surface area contributed by atoms with Crippen LogP contribution in [0.15, 0.2) is 30.3 Å². The maximum Gasteiger partial charge on any atom is 0.182 e. The van der Waals surface area contributed by atoms with Crippen LogP contribution in [0.1, 0.15) is 12.6 Å². The molecule has 0 fully saturated rings. The summed E-state index contributed by atoms with van der Waals surface area (Å²) in [6.45, 7) is 4.71. The van der Waals surface area contributed by atoms with E-state index in [0.717, 1.165) is 28.8 Å². The quantitative estimate of drug-likeness (QED) is 0.717. The Labute approximate surface area is 116 Å². The summed E-state index contributed by atoms with van der Waals surface area (Å²) >= 11 is 6.50. The summed E-state index contributed by atoms with van der Waals surface area (Å²) in [5.41, 5.74) is 3.29. The molecule has 2 aromatic heterocycles. The average molecular weight is 273 g/mol. The molecule has 0 amide bonds. The van der Waals surface area contributed by atoms with Gasteiger partial charge in [0.05, 0.1) is 16.1 Å². The molecular weight excluding hydrogens is 260 g/mol. The van der Waals surface area contributed by atoms with E-state index < -0.39 is 0 Å². The van der Waals surface area contributed by atoms with E-state index in [0.29, 0.717) is 10.7 Å². The topological polar surface area (TPSA) is 43.6 Å². The molecule has 5 heteroatoms. The van der Waals surface area contributed by atoms with E-state index >= 15 is 0 Å². The molecule has 0 saturated heterocycles. The number of fused-ring (bicyclic) bond motifs is 1. The van der Waals surface area contributed by atoms with Gasteiger partial charge in [-0.05, 0) is 13.8 Å². The van der Waals surface area contributed by atoms with E-state index in [9.17, 15) is 0 Å². The zero-order valence-electron chi connectivity index (χ0n) is 10.8. The molecule has 96 valence electrons. The molecular formula is C14H13ClN4. The lowest BCUT2D eigenvalue weighted by Gasteiger charge is -2.04. The lowest BCUT2D eigenvalue weighted by atomic mass is 10.1. The van der Waals surface area contributed by atoms with E-state index in [2.05, 4.69) is 15.3 Å². The lowest BCUT2D eigenvalue weighted by Crippen LogP contribution is -1.99. The first-order valence-corrected chi connectivity index (χ1v) is 6.55. The fourth-order valence-corrected chi connectivity index (χ4v) is 2.56. The molecule has 19 heavy (non-hydrogen) atoms. The molecule has 0 aliphatic heterocycles. The Morgan fingerprint density at radius 3 is 2.58 bits per heavy atom. The minimum atomic E-state index is 0.619. The van der Waals surface area contributed by atoms with Gasteiger partial charge in [0.15, 0.2) is 5.65 Å². The summed E-state index contributed by atoms with van der Waals surface area (Å²) in [4.78, 5) is 0. The molecule has 0 atom stereocenters. The highest BCUT2D eigenvalue weighted by molar-refractivity contribution is 6.37. The third-order valence-corrected chi connectivity index (χ3v) is 3.49. The van der Waals surface area contributed by atoms with Gasteiger partial charge in [-0.15, -0.1) is 10.2 Å². The van der Waals surface area contributed by atoms with Crippen LogP contribution in [0.5, 0.6) is 0 Å². The maximum absolute atomic E-state index is 6.50. The van der Waals surface area contributed by atoms with Crippen molar-refractivity contribution in [2.75, 3.05) is 0 Å². The first-order chi connectivity index (χ1) is 9.22. The highest BCUT2D eigenvalue weighted by Crippen LogP contribution is 2.32. The number of hydrogen-bond donors (Lipinski definition) is 0. The number of nitrogens with zero attached hydrogens (tertiary/aromatic N) is 4. The Bertz CT molecular complexity index is 734. The molecule has 0 unspecified atom stereocenters. The van der Waals surface area contributed by atoms with Gasteiger partial charge in [0.25, 0.3) is 0 Å². The molecule has 3 aromatic rings. The Morgan fingerprint density at radius 1 is 1.16 bits per heavy atom. The fourth-order valence-electron chi connectivity index (χ4n) is 2.19. The first-order valence-electron chi connectivity index (χ1n) is 6.17. The second-order valence-electron chi connectivity index (χ2n) is 4.33. The van der Waals surface area contributed by atoms with Gasteiger partial charge in [-0.3, -0.25) is 0 Å². The molecule has 0 aliphatic carbocycles. The van der Waals surface area contributed by atoms with Crippen molar-refractivity contribution < 1.29 is 0 Å². The standard InChI is InChI=1S/C14H13ClN4/c1-3-19-14-11(9(2)18-19)12(15)13(16-17-14)10-7-5-4-6-8-10/h4-8H,3H2,1-2H3. The Hall–Kier alpha value is -1.94. The number of aryl methyl sites for hydroxylation is 2. The van der Waals surface area contributed by atoms with Crippen molar-refractivity contribution >= 4 is 22.6 Å². The van der Waals surface area contributed by atoms with Crippen molar-refractivity contribution in [2.24, 2.45) is 0 Å². The van der Waals surface area contributed by atoms with Gasteiger partial charge in [-0.25, -0.2) is 4.68 Å². The molecule has 1 aromatic carbocycles. The maximum atomic E-state index is 6.50. The second-order valence-corrected chi connectivity index (χ2v) is 4.71. The van der Waals surface area contributed by atoms with Crippen LogP contribution in [0, 0.1) is 6.92 Å². The SMILES string of the molecule is CCn1nc(C)c2c(Cl)c(-c3ccccc3)nnc21. The third kappa shape index (κ3) is 1.88. The van der Waals surface area contributed by atoms with Crippen LogP contribution in [-0.2, 0) is 6.54 Å². The molecule has 4 nitrogen and oxygen atoms in total. The summed E-state index contributed by atoms with van der Waals surface area (Å²) in [6, 6.07) is 9.83. The smallest absolute Gasteiger partial charge is 0.182 e. The van der Waals surface area contributed by atoms with Crippen molar-refractivity contribution in [3.63, 3.8) is 0 Å². The molecule has 0 radical (unpaired) electrons. The van der Waals surface area contributed by atoms with E-state index in [1.807, 2.05) is 48.9 Å². The van der Waals surface area contributed by atoms with Gasteiger partial charge < -0.3 is 0 Å². The molecule has 2 heterocycles.